The molecule has 1 unspecified atom stereocenters. The predicted molar refractivity (Wildman–Crippen MR) is 97.9 cm³/mol. The van der Waals surface area contributed by atoms with Crippen LogP contribution in [0.2, 0.25) is 0 Å². The van der Waals surface area contributed by atoms with Crippen molar-refractivity contribution < 1.29 is 28.9 Å². The number of carboxylic acids is 1. The molecule has 0 bridgehead atoms. The van der Waals surface area contributed by atoms with Gasteiger partial charge in [0.2, 0.25) is 7.37 Å². The van der Waals surface area contributed by atoms with Crippen molar-refractivity contribution >= 4 is 31.1 Å². The van der Waals surface area contributed by atoms with E-state index in [-0.39, 0.29) is 29.8 Å². The van der Waals surface area contributed by atoms with Gasteiger partial charge in [-0.2, -0.15) is 11.8 Å². The maximum absolute atomic E-state index is 12.0. The number of esters is 1. The second kappa shape index (κ2) is 12.6. The summed E-state index contributed by atoms with van der Waals surface area (Å²) in [5, 5.41) is 9.17. The first kappa shape index (κ1) is 23.2. The number of hydrogen-bond acceptors (Lipinski definition) is 5. The Kier molecular flexibility index (Phi) is 12.2. The van der Waals surface area contributed by atoms with Gasteiger partial charge in [0.15, 0.2) is 0 Å². The van der Waals surface area contributed by atoms with E-state index in [2.05, 4.69) is 4.74 Å². The fourth-order valence-corrected chi connectivity index (χ4v) is 5.04. The van der Waals surface area contributed by atoms with Gasteiger partial charge in [-0.15, -0.1) is 0 Å². The number of unbranched alkanes of at least 4 members (excludes halogenated alkanes) is 3. The standard InChI is InChI=1S/C16H29O6PS/c1-13(2)10-23(20,21)11-14(16(18)19)8-6-4-5-7-9-24-12-15(17)22-3/h8,13H,4-7,9-12H2,1-3H3,(H,18,19)(H,20,21)/b14-8+. The number of carbonyl (C=O) groups is 2. The predicted octanol–water partition coefficient (Wildman–Crippen LogP) is 3.39. The van der Waals surface area contributed by atoms with Crippen molar-refractivity contribution in [3.05, 3.63) is 11.6 Å². The zero-order valence-corrected chi connectivity index (χ0v) is 16.4. The van der Waals surface area contributed by atoms with Gasteiger partial charge < -0.3 is 14.7 Å². The molecule has 0 aromatic rings. The lowest BCUT2D eigenvalue weighted by Gasteiger charge is -2.14. The molecule has 0 aromatic heterocycles. The summed E-state index contributed by atoms with van der Waals surface area (Å²) in [5.74, 6) is -0.102. The highest BCUT2D eigenvalue weighted by molar-refractivity contribution is 7.99. The fourth-order valence-electron chi connectivity index (χ4n) is 2.14. The molecule has 0 rings (SSSR count). The van der Waals surface area contributed by atoms with Gasteiger partial charge in [0.1, 0.15) is 0 Å². The molecule has 1 atom stereocenters. The maximum atomic E-state index is 12.0. The lowest BCUT2D eigenvalue weighted by molar-refractivity contribution is -0.137. The van der Waals surface area contributed by atoms with Crippen LogP contribution in [-0.4, -0.2) is 52.9 Å². The van der Waals surface area contributed by atoms with Crippen LogP contribution in [0.15, 0.2) is 11.6 Å². The highest BCUT2D eigenvalue weighted by Gasteiger charge is 2.24. The van der Waals surface area contributed by atoms with E-state index in [0.29, 0.717) is 12.2 Å². The number of carbonyl (C=O) groups excluding carboxylic acids is 1. The number of methoxy groups -OCH3 is 1. The number of hydrogen-bond donors (Lipinski definition) is 2. The summed E-state index contributed by atoms with van der Waals surface area (Å²) < 4.78 is 16.6. The Labute approximate surface area is 148 Å². The zero-order chi connectivity index (χ0) is 18.6. The molecule has 0 saturated carbocycles. The van der Waals surface area contributed by atoms with Crippen molar-refractivity contribution in [3.8, 4) is 0 Å². The summed E-state index contributed by atoms with van der Waals surface area (Å²) in [6.45, 7) is 3.68. The van der Waals surface area contributed by atoms with Crippen molar-refractivity contribution in [2.24, 2.45) is 5.92 Å². The second-order valence-electron chi connectivity index (χ2n) is 6.09. The Morgan fingerprint density at radius 1 is 1.25 bits per heavy atom. The number of carboxylic acid groups (broad SMARTS) is 1. The fraction of sp³-hybridized carbons (Fsp3) is 0.750. The molecule has 0 aliphatic carbocycles. The molecule has 24 heavy (non-hydrogen) atoms. The van der Waals surface area contributed by atoms with Crippen LogP contribution < -0.4 is 0 Å². The van der Waals surface area contributed by atoms with E-state index in [1.165, 1.54) is 18.9 Å². The van der Waals surface area contributed by atoms with Crippen LogP contribution in [0.3, 0.4) is 0 Å². The minimum Gasteiger partial charge on any atom is -0.478 e. The normalized spacial score (nSPS) is 14.5. The topological polar surface area (TPSA) is 101 Å². The van der Waals surface area contributed by atoms with Gasteiger partial charge in [-0.25, -0.2) is 4.79 Å². The van der Waals surface area contributed by atoms with Gasteiger partial charge >= 0.3 is 11.9 Å². The molecule has 6 nitrogen and oxygen atoms in total. The van der Waals surface area contributed by atoms with Crippen molar-refractivity contribution in [1.82, 2.24) is 0 Å². The third-order valence-electron chi connectivity index (χ3n) is 3.17. The first-order chi connectivity index (χ1) is 11.2. The van der Waals surface area contributed by atoms with Gasteiger partial charge in [-0.05, 0) is 30.9 Å². The maximum Gasteiger partial charge on any atom is 0.331 e. The molecule has 8 heteroatoms. The minimum absolute atomic E-state index is 0.0292. The van der Waals surface area contributed by atoms with Gasteiger partial charge in [-0.1, -0.05) is 26.3 Å². The van der Waals surface area contributed by atoms with Gasteiger partial charge in [0.25, 0.3) is 0 Å². The molecule has 2 N–H and O–H groups in total. The molecule has 0 aliphatic rings. The van der Waals surface area contributed by atoms with Gasteiger partial charge in [0, 0.05) is 11.7 Å². The van der Waals surface area contributed by atoms with Crippen LogP contribution in [0, 0.1) is 5.92 Å². The third kappa shape index (κ3) is 12.6. The van der Waals surface area contributed by atoms with E-state index >= 15 is 0 Å². The zero-order valence-electron chi connectivity index (χ0n) is 14.7. The quantitative estimate of drug-likeness (QED) is 0.219. The van der Waals surface area contributed by atoms with Crippen molar-refractivity contribution in [1.29, 1.82) is 0 Å². The van der Waals surface area contributed by atoms with E-state index in [1.54, 1.807) is 6.08 Å². The first-order valence-electron chi connectivity index (χ1n) is 8.05. The lowest BCUT2D eigenvalue weighted by atomic mass is 10.1. The lowest BCUT2D eigenvalue weighted by Crippen LogP contribution is -2.09. The van der Waals surface area contributed by atoms with E-state index in [4.69, 9.17) is 0 Å². The number of aliphatic carboxylic acids is 1. The molecule has 0 aliphatic heterocycles. The van der Waals surface area contributed by atoms with E-state index in [9.17, 15) is 24.2 Å². The highest BCUT2D eigenvalue weighted by Crippen LogP contribution is 2.44. The van der Waals surface area contributed by atoms with Crippen LogP contribution in [0.25, 0.3) is 0 Å². The molecule has 0 fully saturated rings. The highest BCUT2D eigenvalue weighted by atomic mass is 32.2. The van der Waals surface area contributed by atoms with Gasteiger partial charge in [-0.3, -0.25) is 9.36 Å². The minimum atomic E-state index is -3.44. The SMILES string of the molecule is COC(=O)CSCCCCC/C=C(\CP(=O)(O)CC(C)C)C(=O)O. The molecule has 0 heterocycles. The molecular formula is C16H29O6PS. The molecule has 0 radical (unpaired) electrons. The Morgan fingerprint density at radius 3 is 2.46 bits per heavy atom. The molecule has 0 spiro atoms. The Balaban J connectivity index is 4.12. The summed E-state index contributed by atoms with van der Waals surface area (Å²) in [7, 11) is -2.08. The average Bonchev–Trinajstić information content (AvgIpc) is 2.46. The summed E-state index contributed by atoms with van der Waals surface area (Å²) in [6.07, 6.45) is 4.67. The largest absolute Gasteiger partial charge is 0.478 e. The molecule has 0 amide bonds. The molecular weight excluding hydrogens is 351 g/mol. The van der Waals surface area contributed by atoms with Crippen molar-refractivity contribution in [2.45, 2.75) is 39.5 Å². The van der Waals surface area contributed by atoms with Crippen LogP contribution in [0.4, 0.5) is 0 Å². The Morgan fingerprint density at radius 2 is 1.92 bits per heavy atom. The van der Waals surface area contributed by atoms with E-state index in [1.807, 2.05) is 13.8 Å². The number of rotatable bonds is 13. The smallest absolute Gasteiger partial charge is 0.331 e. The Bertz CT molecular complexity index is 475. The Hall–Kier alpha value is -0.780. The molecule has 140 valence electrons. The first-order valence-corrected chi connectivity index (χ1v) is 11.2. The number of thioether (sulfide) groups is 1. The molecule has 0 saturated heterocycles. The average molecular weight is 380 g/mol. The van der Waals surface area contributed by atoms with Crippen LogP contribution in [0.5, 0.6) is 0 Å². The summed E-state index contributed by atoms with van der Waals surface area (Å²) in [4.78, 5) is 32.0. The second-order valence-corrected chi connectivity index (χ2v) is 9.57. The van der Waals surface area contributed by atoms with Crippen molar-refractivity contribution in [3.63, 3.8) is 0 Å². The summed E-state index contributed by atoms with van der Waals surface area (Å²) in [6, 6.07) is 0. The van der Waals surface area contributed by atoms with Crippen LogP contribution >= 0.6 is 19.1 Å². The third-order valence-corrected chi connectivity index (χ3v) is 6.33. The van der Waals surface area contributed by atoms with E-state index < -0.39 is 13.3 Å². The van der Waals surface area contributed by atoms with Crippen LogP contribution in [-0.2, 0) is 18.9 Å². The monoisotopic (exact) mass is 380 g/mol. The summed E-state index contributed by atoms with van der Waals surface area (Å²) in [5.41, 5.74) is 0.0292. The molecule has 0 aromatic carbocycles. The number of ether oxygens (including phenoxy) is 1. The van der Waals surface area contributed by atoms with Crippen LogP contribution in [0.1, 0.15) is 39.5 Å². The van der Waals surface area contributed by atoms with E-state index in [0.717, 1.165) is 25.0 Å². The number of allylic oxidation sites excluding steroid dienone is 1. The van der Waals surface area contributed by atoms with Crippen molar-refractivity contribution in [2.75, 3.05) is 30.9 Å². The summed E-state index contributed by atoms with van der Waals surface area (Å²) >= 11 is 1.51. The van der Waals surface area contributed by atoms with Gasteiger partial charge in [0.05, 0.1) is 19.0 Å².